The highest BCUT2D eigenvalue weighted by molar-refractivity contribution is 14.1. The maximum atomic E-state index is 12.4. The summed E-state index contributed by atoms with van der Waals surface area (Å²) in [5, 5.41) is -0.793. The number of carbonyl (C=O) groups excluding carboxylic acids is 1. The Morgan fingerprint density at radius 2 is 2.21 bits per heavy atom. The second kappa shape index (κ2) is 4.80. The first kappa shape index (κ1) is 12.3. The maximum absolute atomic E-state index is 12.4. The number of alkyl halides is 2. The summed E-state index contributed by atoms with van der Waals surface area (Å²) >= 11 is 9.82. The van der Waals surface area contributed by atoms with Crippen molar-refractivity contribution >= 4 is 55.4 Å². The van der Waals surface area contributed by atoms with E-state index < -0.39 is 17.4 Å². The van der Waals surface area contributed by atoms with Gasteiger partial charge in [0.25, 0.3) is 11.7 Å². The SMILES string of the molecule is O=C(Cl)c1cc(I)nc(C(F)F)c1Br. The zero-order valence-electron chi connectivity index (χ0n) is 6.40. The van der Waals surface area contributed by atoms with Crippen molar-refractivity contribution in [2.75, 3.05) is 0 Å². The van der Waals surface area contributed by atoms with Gasteiger partial charge in [-0.25, -0.2) is 13.8 Å². The monoisotopic (exact) mass is 395 g/mol. The molecule has 0 aromatic carbocycles. The van der Waals surface area contributed by atoms with Gasteiger partial charge in [-0.3, -0.25) is 4.79 Å². The van der Waals surface area contributed by atoms with Crippen LogP contribution in [0, 0.1) is 3.70 Å². The van der Waals surface area contributed by atoms with Gasteiger partial charge in [-0.05, 0) is 56.2 Å². The van der Waals surface area contributed by atoms with E-state index in [9.17, 15) is 13.6 Å². The van der Waals surface area contributed by atoms with Crippen LogP contribution in [-0.2, 0) is 0 Å². The summed E-state index contributed by atoms with van der Waals surface area (Å²) in [6, 6.07) is 1.34. The molecule has 0 bridgehead atoms. The van der Waals surface area contributed by atoms with Crippen molar-refractivity contribution in [3.05, 3.63) is 25.5 Å². The van der Waals surface area contributed by atoms with E-state index in [1.807, 2.05) is 0 Å². The lowest BCUT2D eigenvalue weighted by Gasteiger charge is -2.06. The Kier molecular flexibility index (Phi) is 4.20. The number of aromatic nitrogens is 1. The van der Waals surface area contributed by atoms with E-state index in [1.165, 1.54) is 6.07 Å². The summed E-state index contributed by atoms with van der Waals surface area (Å²) in [5.74, 6) is 0. The second-order valence-corrected chi connectivity index (χ2v) is 4.51. The number of nitrogens with zero attached hydrogens (tertiary/aromatic N) is 1. The topological polar surface area (TPSA) is 30.0 Å². The third kappa shape index (κ3) is 2.60. The molecule has 0 aliphatic heterocycles. The van der Waals surface area contributed by atoms with Gasteiger partial charge in [0.05, 0.1) is 10.0 Å². The number of carbonyl (C=O) groups is 1. The molecule has 2 nitrogen and oxygen atoms in total. The van der Waals surface area contributed by atoms with E-state index in [2.05, 4.69) is 20.9 Å². The fourth-order valence-electron chi connectivity index (χ4n) is 0.804. The van der Waals surface area contributed by atoms with Gasteiger partial charge in [0.15, 0.2) is 0 Å². The minimum absolute atomic E-state index is 0.00127. The molecule has 1 heterocycles. The molecule has 1 aromatic heterocycles. The molecule has 0 amide bonds. The Morgan fingerprint density at radius 3 is 2.64 bits per heavy atom. The predicted octanol–water partition coefficient (Wildman–Crippen LogP) is 3.77. The molecule has 1 rings (SSSR count). The van der Waals surface area contributed by atoms with Gasteiger partial charge in [0, 0.05) is 0 Å². The molecule has 7 heteroatoms. The van der Waals surface area contributed by atoms with Gasteiger partial charge in [-0.1, -0.05) is 0 Å². The highest BCUT2D eigenvalue weighted by Crippen LogP contribution is 2.30. The summed E-state index contributed by atoms with van der Waals surface area (Å²) in [5.41, 5.74) is -0.470. The van der Waals surface area contributed by atoms with Crippen LogP contribution in [-0.4, -0.2) is 10.2 Å². The minimum Gasteiger partial charge on any atom is -0.276 e. The first-order chi connectivity index (χ1) is 6.43. The molecule has 0 aliphatic rings. The summed E-state index contributed by atoms with van der Waals surface area (Å²) in [4.78, 5) is 14.4. The maximum Gasteiger partial charge on any atom is 0.281 e. The zero-order chi connectivity index (χ0) is 10.9. The molecule has 0 atom stereocenters. The van der Waals surface area contributed by atoms with E-state index in [-0.39, 0.29) is 10.0 Å². The van der Waals surface area contributed by atoms with Crippen molar-refractivity contribution in [2.45, 2.75) is 6.43 Å². The fourth-order valence-corrected chi connectivity index (χ4v) is 2.20. The highest BCUT2D eigenvalue weighted by Gasteiger charge is 2.20. The lowest BCUT2D eigenvalue weighted by atomic mass is 10.2. The van der Waals surface area contributed by atoms with E-state index >= 15 is 0 Å². The van der Waals surface area contributed by atoms with Crippen LogP contribution in [0.2, 0.25) is 0 Å². The predicted molar refractivity (Wildman–Crippen MR) is 59.8 cm³/mol. The van der Waals surface area contributed by atoms with Crippen molar-refractivity contribution < 1.29 is 13.6 Å². The Labute approximate surface area is 105 Å². The number of pyridine rings is 1. The summed E-state index contributed by atoms with van der Waals surface area (Å²) < 4.78 is 25.1. The largest absolute Gasteiger partial charge is 0.281 e. The molecule has 0 N–H and O–H groups in total. The quantitative estimate of drug-likeness (QED) is 0.433. The van der Waals surface area contributed by atoms with Crippen LogP contribution in [0.15, 0.2) is 10.5 Å². The summed E-state index contributed by atoms with van der Waals surface area (Å²) in [7, 11) is 0. The van der Waals surface area contributed by atoms with Crippen LogP contribution in [0.25, 0.3) is 0 Å². The van der Waals surface area contributed by atoms with Gasteiger partial charge in [-0.2, -0.15) is 0 Å². The molecule has 14 heavy (non-hydrogen) atoms. The zero-order valence-corrected chi connectivity index (χ0v) is 10.9. The lowest BCUT2D eigenvalue weighted by molar-refractivity contribution is 0.107. The number of halogens is 5. The van der Waals surface area contributed by atoms with Gasteiger partial charge in [0.1, 0.15) is 9.39 Å². The summed E-state index contributed by atoms with van der Waals surface area (Å²) in [6.45, 7) is 0. The molecule has 76 valence electrons. The molecular weight excluding hydrogens is 394 g/mol. The Hall–Kier alpha value is 0.180. The van der Waals surface area contributed by atoms with Crippen molar-refractivity contribution in [1.29, 1.82) is 0 Å². The van der Waals surface area contributed by atoms with E-state index in [0.717, 1.165) is 0 Å². The smallest absolute Gasteiger partial charge is 0.276 e. The molecule has 0 radical (unpaired) electrons. The fraction of sp³-hybridized carbons (Fsp3) is 0.143. The Bertz CT molecular complexity index is 388. The van der Waals surface area contributed by atoms with Crippen LogP contribution in [0.3, 0.4) is 0 Å². The van der Waals surface area contributed by atoms with E-state index in [4.69, 9.17) is 11.6 Å². The molecule has 0 saturated heterocycles. The number of hydrogen-bond acceptors (Lipinski definition) is 2. The molecule has 0 aliphatic carbocycles. The van der Waals surface area contributed by atoms with Crippen LogP contribution in [0.4, 0.5) is 8.78 Å². The van der Waals surface area contributed by atoms with Crippen molar-refractivity contribution in [3.8, 4) is 0 Å². The van der Waals surface area contributed by atoms with Gasteiger partial charge < -0.3 is 0 Å². The number of hydrogen-bond donors (Lipinski definition) is 0. The first-order valence-electron chi connectivity index (χ1n) is 3.27. The van der Waals surface area contributed by atoms with Gasteiger partial charge >= 0.3 is 0 Å². The lowest BCUT2D eigenvalue weighted by Crippen LogP contribution is -2.01. The van der Waals surface area contributed by atoms with Crippen LogP contribution >= 0.6 is 50.1 Å². The second-order valence-electron chi connectivity index (χ2n) is 2.27. The van der Waals surface area contributed by atoms with E-state index in [0.29, 0.717) is 3.70 Å². The Balaban J connectivity index is 3.40. The Morgan fingerprint density at radius 1 is 1.64 bits per heavy atom. The van der Waals surface area contributed by atoms with E-state index in [1.54, 1.807) is 22.6 Å². The minimum atomic E-state index is -2.74. The highest BCUT2D eigenvalue weighted by atomic mass is 127. The van der Waals surface area contributed by atoms with Crippen molar-refractivity contribution in [1.82, 2.24) is 4.98 Å². The average Bonchev–Trinajstić information content (AvgIpc) is 2.07. The molecule has 1 aromatic rings. The van der Waals surface area contributed by atoms with Crippen LogP contribution in [0.1, 0.15) is 22.5 Å². The van der Waals surface area contributed by atoms with Crippen molar-refractivity contribution in [2.24, 2.45) is 0 Å². The standard InChI is InChI=1S/C7H2BrClF2INO/c8-4-2(6(9)14)1-3(12)13-5(4)7(10)11/h1,7H. The van der Waals surface area contributed by atoms with Crippen molar-refractivity contribution in [3.63, 3.8) is 0 Å². The molecule has 0 fully saturated rings. The number of rotatable bonds is 2. The van der Waals surface area contributed by atoms with Crippen LogP contribution < -0.4 is 0 Å². The molecule has 0 saturated carbocycles. The normalized spacial score (nSPS) is 10.7. The third-order valence-corrected chi connectivity index (χ3v) is 2.96. The average molecular weight is 396 g/mol. The molecule has 0 spiro atoms. The summed E-state index contributed by atoms with van der Waals surface area (Å²) in [6.07, 6.45) is -2.74. The van der Waals surface area contributed by atoms with Gasteiger partial charge in [-0.15, -0.1) is 0 Å². The molecule has 0 unspecified atom stereocenters. The van der Waals surface area contributed by atoms with Gasteiger partial charge in [0.2, 0.25) is 0 Å². The third-order valence-electron chi connectivity index (χ3n) is 1.37. The van der Waals surface area contributed by atoms with Crippen LogP contribution in [0.5, 0.6) is 0 Å². The molecular formula is C7H2BrClF2INO. The first-order valence-corrected chi connectivity index (χ1v) is 5.52.